The van der Waals surface area contributed by atoms with Crippen LogP contribution in [-0.2, 0) is 43.1 Å². The number of Topliss-reactive ketones (excluding diaryl/α,β-unsaturated/α-hetero) is 2. The maximum Gasteiger partial charge on any atom is 0.374 e. The number of hydrogen-bond donors (Lipinski definition) is 5. The molecule has 126 heavy (non-hydrogen) atoms. The van der Waals surface area contributed by atoms with Gasteiger partial charge in [0, 0.05) is 153 Å². The van der Waals surface area contributed by atoms with Crippen LogP contribution in [0.15, 0.2) is 243 Å². The molecule has 0 radical (unpaired) electrons. The third-order valence-corrected chi connectivity index (χ3v) is 19.6. The van der Waals surface area contributed by atoms with Gasteiger partial charge in [0.25, 0.3) is 41.4 Å². The lowest BCUT2D eigenvalue weighted by Crippen LogP contribution is -2.40. The smallest absolute Gasteiger partial charge is 0.374 e. The molecule has 35 heteroatoms. The molecule has 6 aliphatic heterocycles. The molecule has 22 nitrogen and oxygen atoms in total. The van der Waals surface area contributed by atoms with Gasteiger partial charge in [-0.05, 0) is 128 Å². The van der Waals surface area contributed by atoms with E-state index < -0.39 is 97.5 Å². The van der Waals surface area contributed by atoms with E-state index in [1.54, 1.807) is 183 Å². The predicted molar refractivity (Wildman–Crippen MR) is 474 cm³/mol. The van der Waals surface area contributed by atoms with Gasteiger partial charge < -0.3 is 46.9 Å². The number of carbonyl (C=O) groups is 10. The second kappa shape index (κ2) is 44.7. The highest BCUT2D eigenvalue weighted by atomic mass is 35.5. The zero-order valence-electron chi connectivity index (χ0n) is 69.3. The van der Waals surface area contributed by atoms with Crippen molar-refractivity contribution in [2.75, 3.05) is 74.1 Å². The number of alkyl halides is 8. The minimum absolute atomic E-state index is 0. The Hall–Kier alpha value is -12.1. The van der Waals surface area contributed by atoms with Gasteiger partial charge >= 0.3 is 5.97 Å². The molecule has 0 saturated heterocycles. The highest BCUT2D eigenvalue weighted by Gasteiger charge is 2.50. The van der Waals surface area contributed by atoms with E-state index >= 15 is 0 Å². The van der Waals surface area contributed by atoms with Gasteiger partial charge in [0.05, 0.1) is 87.7 Å². The van der Waals surface area contributed by atoms with E-state index in [2.05, 4.69) is 41.4 Å². The second-order valence-corrected chi connectivity index (χ2v) is 31.1. The van der Waals surface area contributed by atoms with E-state index in [9.17, 15) is 83.1 Å². The molecular weight excluding hydrogens is 1750 g/mol. The fourth-order valence-corrected chi connectivity index (χ4v) is 14.0. The first-order chi connectivity index (χ1) is 58.8. The number of benzene rings is 8. The Bertz CT molecular complexity index is 5560. The monoisotopic (exact) mass is 1840 g/mol. The lowest BCUT2D eigenvalue weighted by atomic mass is 9.91. The molecule has 664 valence electrons. The summed E-state index contributed by atoms with van der Waals surface area (Å²) in [5.74, 6) is -14.7. The van der Waals surface area contributed by atoms with Crippen molar-refractivity contribution in [1.29, 1.82) is 0 Å². The van der Waals surface area contributed by atoms with Crippen molar-refractivity contribution >= 4 is 158 Å². The normalized spacial score (nSPS) is 15.9. The number of aliphatic imine (C=N–C) groups is 3. The van der Waals surface area contributed by atoms with E-state index in [1.807, 2.05) is 18.2 Å². The zero-order chi connectivity index (χ0) is 92.2. The first-order valence-electron chi connectivity index (χ1n) is 38.4. The van der Waals surface area contributed by atoms with E-state index in [0.29, 0.717) is 139 Å². The summed E-state index contributed by atoms with van der Waals surface area (Å²) in [6, 6.07) is 53.4. The minimum atomic E-state index is -3.05. The van der Waals surface area contributed by atoms with Crippen LogP contribution in [-0.4, -0.2) is 168 Å². The number of ether oxygens (including phenoxy) is 1. The minimum Gasteiger partial charge on any atom is -0.460 e. The molecule has 3 unspecified atom stereocenters. The van der Waals surface area contributed by atoms with Crippen LogP contribution in [0.25, 0.3) is 0 Å². The predicted octanol–water partition coefficient (Wildman–Crippen LogP) is 18.3. The van der Waals surface area contributed by atoms with E-state index in [4.69, 9.17) is 52.1 Å². The highest BCUT2D eigenvalue weighted by Crippen LogP contribution is 2.48. The van der Waals surface area contributed by atoms with Crippen molar-refractivity contribution in [3.05, 3.63) is 292 Å². The number of amides is 6. The van der Waals surface area contributed by atoms with Crippen molar-refractivity contribution in [2.45, 2.75) is 104 Å². The molecule has 0 aromatic heterocycles. The molecule has 0 saturated carbocycles. The summed E-state index contributed by atoms with van der Waals surface area (Å²) >= 11 is 23.6. The molecule has 0 fully saturated rings. The van der Waals surface area contributed by atoms with Crippen LogP contribution in [0.4, 0.5) is 57.9 Å². The van der Waals surface area contributed by atoms with Gasteiger partial charge in [-0.1, -0.05) is 143 Å². The summed E-state index contributed by atoms with van der Waals surface area (Å²) in [4.78, 5) is 131. The summed E-state index contributed by atoms with van der Waals surface area (Å²) < 4.78 is 111. The van der Waals surface area contributed by atoms with Crippen LogP contribution in [0.5, 0.6) is 0 Å². The number of nitrogens with zero attached hydrogens (tertiary/aromatic N) is 6. The number of esters is 1. The first-order valence-corrected chi connectivity index (χ1v) is 39.9. The quantitative estimate of drug-likeness (QED) is 0.0112. The fraction of sp³-hybridized carbons (Fsp3) is 0.264. The molecule has 6 heterocycles. The maximum absolute atomic E-state index is 14.0. The molecule has 7 N–H and O–H groups in total. The van der Waals surface area contributed by atoms with Gasteiger partial charge in [-0.15, -0.1) is 12.4 Å². The lowest BCUT2D eigenvalue weighted by molar-refractivity contribution is -0.152. The summed E-state index contributed by atoms with van der Waals surface area (Å²) in [6.45, 7) is 8.42. The summed E-state index contributed by atoms with van der Waals surface area (Å²) in [5.41, 5.74) is 23.3. The van der Waals surface area contributed by atoms with Crippen LogP contribution in [0.2, 0.25) is 20.1 Å². The molecule has 14 rings (SSSR count). The van der Waals surface area contributed by atoms with Crippen molar-refractivity contribution in [3.8, 4) is 0 Å². The number of halogens is 13. The van der Waals surface area contributed by atoms with Crippen molar-refractivity contribution in [2.24, 2.45) is 20.7 Å². The molecule has 0 bridgehead atoms. The summed E-state index contributed by atoms with van der Waals surface area (Å²) in [5, 5.41) is 10.1. The van der Waals surface area contributed by atoms with Gasteiger partial charge in [0.15, 0.2) is 5.78 Å². The van der Waals surface area contributed by atoms with Crippen LogP contribution in [0, 0.1) is 0 Å². The summed E-state index contributed by atoms with van der Waals surface area (Å²) in [6.07, 6.45) is 1.36. The molecule has 0 spiro atoms. The number of hydrogen-bond acceptors (Lipinski definition) is 16. The van der Waals surface area contributed by atoms with Gasteiger partial charge in [-0.3, -0.25) is 58.1 Å². The molecule has 6 amide bonds. The topological polar surface area (TPSA) is 315 Å². The highest BCUT2D eigenvalue weighted by molar-refractivity contribution is 6.33. The Labute approximate surface area is 747 Å². The molecule has 8 aromatic carbocycles. The number of aldehydes is 1. The van der Waals surface area contributed by atoms with Gasteiger partial charge in [0.1, 0.15) is 6.29 Å². The number of anilines is 4. The largest absolute Gasteiger partial charge is 0.460 e. The van der Waals surface area contributed by atoms with Crippen LogP contribution >= 0.6 is 58.8 Å². The van der Waals surface area contributed by atoms with Crippen molar-refractivity contribution in [1.82, 2.24) is 14.7 Å². The van der Waals surface area contributed by atoms with Gasteiger partial charge in [0.2, 0.25) is 24.0 Å². The molecular formula is C91H88Cl5F8N11O11. The Balaban J connectivity index is 0.000000216. The molecule has 0 aliphatic carbocycles. The zero-order valence-corrected chi connectivity index (χ0v) is 73.1. The maximum atomic E-state index is 14.0. The van der Waals surface area contributed by atoms with Crippen molar-refractivity contribution in [3.63, 3.8) is 0 Å². The number of nitrogens with two attached hydrogens (primary N) is 2. The molecule has 6 aliphatic rings. The number of rotatable bonds is 21. The molecule has 8 aromatic rings. The Kier molecular flexibility index (Phi) is 35.8. The third kappa shape index (κ3) is 28.2. The number of nitrogens with one attached hydrogen (secondary N) is 3. The van der Waals surface area contributed by atoms with Crippen LogP contribution in [0.1, 0.15) is 135 Å². The molecule has 3 atom stereocenters. The van der Waals surface area contributed by atoms with E-state index in [-0.39, 0.29) is 56.2 Å². The Morgan fingerprint density at radius 1 is 0.468 bits per heavy atom. The Morgan fingerprint density at radius 2 is 0.786 bits per heavy atom. The van der Waals surface area contributed by atoms with Gasteiger partial charge in [-0.25, -0.2) is 39.9 Å². The van der Waals surface area contributed by atoms with Gasteiger partial charge in [-0.2, -0.15) is 0 Å². The SMILES string of the molecule is CC(=O)Nc1cccc(C(C)=O)c1.CC(=O)Nc1cccc(C2=NCC3=C2C(c2ccc(Cl)cc2)N(CC(C)(F)F)C3=O)c1.CC(F)(F)CN.CC(F)(F)CN1C(=O)C2=C(C(c3cccc(N)c3)=NC2)C1c1ccc(Cl)cc1.CC(F)(F)CN1C(=O)C2=C(C(c3cccc(NC=O)c3)=NC2)C1c1ccc(Cl)cc1.CCOC(=O)C(C)=O.Cl.O=Cc1ccc(Cl)cc1. The average Bonchev–Trinajstić information content (AvgIpc) is 1.59. The summed E-state index contributed by atoms with van der Waals surface area (Å²) in [7, 11) is 0. The van der Waals surface area contributed by atoms with Crippen LogP contribution in [0.3, 0.4) is 0 Å². The van der Waals surface area contributed by atoms with E-state index in [1.165, 1.54) is 42.4 Å². The fourth-order valence-electron chi connectivity index (χ4n) is 13.5. The third-order valence-electron chi connectivity index (χ3n) is 18.6. The van der Waals surface area contributed by atoms with E-state index in [0.717, 1.165) is 39.5 Å². The number of carbonyl (C=O) groups excluding carboxylic acids is 10. The second-order valence-electron chi connectivity index (χ2n) is 29.3. The number of nitrogen functional groups attached to an aromatic ring is 1. The lowest BCUT2D eigenvalue weighted by Gasteiger charge is -2.30. The standard InChI is InChI=1S/C23H20ClF2N3O2.C22H18ClF2N3O2.C21H18ClF2N3O.C10H11NO2.C7H5ClO.C5H8O3.C3H7F2N.ClH/c1-13(30)28-17-5-3-4-15(10-17)20-19-18(11-27-20)22(31)29(12-23(2,25)26)21(19)14-6-8-16(24)9-7-14;1-22(24,25)11-28-20(13-5-7-15(23)8-6-13)18-17(21(28)30)10-26-19(18)14-3-2-4-16(9-14)27-12-29;1-21(23,24)11-27-19(12-5-7-14(22)8-6-12)17-16(20(27)28)10-26-18(17)13-3-2-4-15(25)9-13;1-7(12)9-4-3-5-10(6-9)11-8(2)13;8-7-3-1-6(5-9)2-4-7;1-3-8-5(7)4(2)6;1-3(4,5)2-6;/h3-10,21H,11-12H2,1-2H3,(H,28,30);2-9,12,20H,10-11H2,1H3,(H,27,29);2-9,19H,10-11,25H2,1H3;3-6H,1-2H3,(H,11,13);1-5H;3H2,1-2H3;2,6H2,1H3;1H. The average molecular weight is 1840 g/mol. The van der Waals surface area contributed by atoms with Crippen molar-refractivity contribution < 1.29 is 87.8 Å². The Morgan fingerprint density at radius 3 is 1.08 bits per heavy atom. The first kappa shape index (κ1) is 101. The number of ketones is 2. The van der Waals surface area contributed by atoms with Crippen LogP contribution < -0.4 is 27.4 Å².